The quantitative estimate of drug-likeness (QED) is 0.550. The second-order valence-electron chi connectivity index (χ2n) is 10.3. The monoisotopic (exact) mass is 462 g/mol. The first kappa shape index (κ1) is 23.2. The molecule has 5 heteroatoms. The van der Waals surface area contributed by atoms with E-state index in [1.54, 1.807) is 0 Å². The molecule has 5 nitrogen and oxygen atoms in total. The van der Waals surface area contributed by atoms with Crippen molar-refractivity contribution >= 4 is 6.09 Å². The van der Waals surface area contributed by atoms with E-state index in [0.717, 1.165) is 57.5 Å². The Morgan fingerprint density at radius 3 is 2.35 bits per heavy atom. The smallest absolute Gasteiger partial charge is 0.407 e. The first-order valence-electron chi connectivity index (χ1n) is 13.1. The summed E-state index contributed by atoms with van der Waals surface area (Å²) in [4.78, 5) is 15.5. The van der Waals surface area contributed by atoms with Crippen molar-refractivity contribution in [2.45, 2.75) is 65.0 Å². The minimum Gasteiger partial charge on any atom is -0.494 e. The maximum absolute atomic E-state index is 13.1. The van der Waals surface area contributed by atoms with Crippen LogP contribution in [0.15, 0.2) is 42.5 Å². The van der Waals surface area contributed by atoms with E-state index >= 15 is 0 Å². The number of nitrogens with one attached hydrogen (secondary N) is 1. The number of fused-ring (bicyclic) bond motifs is 4. The molecular weight excluding hydrogens is 424 g/mol. The Bertz CT molecular complexity index is 1010. The van der Waals surface area contributed by atoms with Crippen LogP contribution in [0.3, 0.4) is 0 Å². The van der Waals surface area contributed by atoms with Crippen molar-refractivity contribution in [2.24, 2.45) is 11.3 Å². The topological polar surface area (TPSA) is 50.8 Å². The van der Waals surface area contributed by atoms with Crippen LogP contribution in [0.4, 0.5) is 4.79 Å². The van der Waals surface area contributed by atoms with Gasteiger partial charge in [-0.2, -0.15) is 0 Å². The number of ether oxygens (including phenoxy) is 2. The molecule has 3 aliphatic heterocycles. The zero-order valence-corrected chi connectivity index (χ0v) is 20.8. The van der Waals surface area contributed by atoms with E-state index in [9.17, 15) is 4.79 Å². The molecule has 2 aromatic carbocycles. The Labute approximate surface area is 203 Å². The first-order chi connectivity index (χ1) is 16.5. The maximum atomic E-state index is 13.1. The summed E-state index contributed by atoms with van der Waals surface area (Å²) in [5, 5.41) is 3.32. The number of benzene rings is 2. The standard InChI is InChI=1S/C29H38N2O3/c1-4-29(5-2)18-23-17-22(20-7-10-24(11-8-20)33-6-3)9-12-25(23)27(29)30-28(32)34-26-19-31-15-13-21(26)14-16-31/h7-12,17,21,26-27H,4-6,13-16,18-19H2,1-3H3,(H,30,32)/t26-,27?/m1/s1. The normalized spacial score (nSPS) is 26.7. The fourth-order valence-electron chi connectivity index (χ4n) is 6.41. The molecule has 6 rings (SSSR count). The highest BCUT2D eigenvalue weighted by Crippen LogP contribution is 2.51. The lowest BCUT2D eigenvalue weighted by atomic mass is 9.76. The van der Waals surface area contributed by atoms with Crippen LogP contribution in [0.5, 0.6) is 5.75 Å². The zero-order valence-electron chi connectivity index (χ0n) is 20.8. The number of hydrogen-bond acceptors (Lipinski definition) is 4. The van der Waals surface area contributed by atoms with Crippen LogP contribution >= 0.6 is 0 Å². The predicted molar refractivity (Wildman–Crippen MR) is 135 cm³/mol. The van der Waals surface area contributed by atoms with Gasteiger partial charge in [-0.3, -0.25) is 4.90 Å². The maximum Gasteiger partial charge on any atom is 0.407 e. The largest absolute Gasteiger partial charge is 0.494 e. The van der Waals surface area contributed by atoms with E-state index in [2.05, 4.69) is 54.4 Å². The van der Waals surface area contributed by atoms with Crippen molar-refractivity contribution in [3.05, 3.63) is 53.6 Å². The number of piperidine rings is 3. The summed E-state index contributed by atoms with van der Waals surface area (Å²) in [6, 6.07) is 15.0. The highest BCUT2D eigenvalue weighted by atomic mass is 16.6. The van der Waals surface area contributed by atoms with Crippen molar-refractivity contribution in [1.29, 1.82) is 0 Å². The third kappa shape index (κ3) is 4.31. The molecular formula is C29H38N2O3. The molecule has 0 radical (unpaired) electrons. The molecule has 2 atom stereocenters. The lowest BCUT2D eigenvalue weighted by Gasteiger charge is -2.44. The van der Waals surface area contributed by atoms with Gasteiger partial charge in [0.05, 0.1) is 12.6 Å². The third-order valence-electron chi connectivity index (χ3n) is 8.63. The molecule has 0 saturated carbocycles. The Kier molecular flexibility index (Phi) is 6.57. The van der Waals surface area contributed by atoms with Gasteiger partial charge in [-0.1, -0.05) is 44.2 Å². The van der Waals surface area contributed by atoms with Crippen LogP contribution in [-0.2, 0) is 11.2 Å². The van der Waals surface area contributed by atoms with E-state index in [0.29, 0.717) is 12.5 Å². The zero-order chi connectivity index (χ0) is 23.7. The molecule has 2 aromatic rings. The lowest BCUT2D eigenvalue weighted by molar-refractivity contribution is -0.0353. The van der Waals surface area contributed by atoms with Crippen molar-refractivity contribution in [3.8, 4) is 16.9 Å². The Hall–Kier alpha value is -2.53. The van der Waals surface area contributed by atoms with E-state index < -0.39 is 0 Å². The average molecular weight is 463 g/mol. The first-order valence-corrected chi connectivity index (χ1v) is 13.1. The lowest BCUT2D eigenvalue weighted by Crippen LogP contribution is -2.53. The van der Waals surface area contributed by atoms with Crippen LogP contribution in [0.2, 0.25) is 0 Å². The van der Waals surface area contributed by atoms with E-state index in [-0.39, 0.29) is 23.7 Å². The molecule has 34 heavy (non-hydrogen) atoms. The number of amides is 1. The van der Waals surface area contributed by atoms with Crippen LogP contribution in [0, 0.1) is 11.3 Å². The molecule has 4 aliphatic rings. The molecule has 0 aromatic heterocycles. The molecule has 3 heterocycles. The van der Waals surface area contributed by atoms with E-state index in [1.165, 1.54) is 22.3 Å². The molecule has 3 saturated heterocycles. The van der Waals surface area contributed by atoms with Gasteiger partial charge in [0.1, 0.15) is 11.9 Å². The minimum absolute atomic E-state index is 0.0135. The van der Waals surface area contributed by atoms with Gasteiger partial charge in [0.2, 0.25) is 0 Å². The van der Waals surface area contributed by atoms with Crippen LogP contribution in [0.25, 0.3) is 11.1 Å². The Balaban J connectivity index is 1.35. The summed E-state index contributed by atoms with van der Waals surface area (Å²) >= 11 is 0. The molecule has 1 aliphatic carbocycles. The summed E-state index contributed by atoms with van der Waals surface area (Å²) in [6.45, 7) is 10.3. The van der Waals surface area contributed by atoms with Crippen LogP contribution in [0.1, 0.15) is 63.6 Å². The number of hydrogen-bond donors (Lipinski definition) is 1. The number of nitrogens with zero attached hydrogens (tertiary/aromatic N) is 1. The number of carbonyl (C=O) groups is 1. The van der Waals surface area contributed by atoms with Gasteiger partial charge < -0.3 is 14.8 Å². The summed E-state index contributed by atoms with van der Waals surface area (Å²) in [5.41, 5.74) is 4.99. The molecule has 1 N–H and O–H groups in total. The summed E-state index contributed by atoms with van der Waals surface area (Å²) in [7, 11) is 0. The molecule has 182 valence electrons. The van der Waals surface area contributed by atoms with E-state index in [4.69, 9.17) is 9.47 Å². The Morgan fingerprint density at radius 2 is 1.74 bits per heavy atom. The highest BCUT2D eigenvalue weighted by molar-refractivity contribution is 5.70. The van der Waals surface area contributed by atoms with Crippen molar-refractivity contribution in [3.63, 3.8) is 0 Å². The van der Waals surface area contributed by atoms with Gasteiger partial charge in [-0.05, 0) is 97.8 Å². The van der Waals surface area contributed by atoms with Crippen molar-refractivity contribution in [1.82, 2.24) is 10.2 Å². The van der Waals surface area contributed by atoms with Gasteiger partial charge >= 0.3 is 6.09 Å². The molecule has 0 spiro atoms. The highest BCUT2D eigenvalue weighted by Gasteiger charge is 2.45. The molecule has 1 unspecified atom stereocenters. The van der Waals surface area contributed by atoms with Crippen LogP contribution in [-0.4, -0.2) is 43.3 Å². The fraction of sp³-hybridized carbons (Fsp3) is 0.552. The van der Waals surface area contributed by atoms with Gasteiger partial charge in [-0.15, -0.1) is 0 Å². The second-order valence-corrected chi connectivity index (χ2v) is 10.3. The summed E-state index contributed by atoms with van der Waals surface area (Å²) in [5.74, 6) is 1.42. The van der Waals surface area contributed by atoms with Crippen LogP contribution < -0.4 is 10.1 Å². The number of alkyl carbamates (subject to hydrolysis) is 1. The summed E-state index contributed by atoms with van der Waals surface area (Å²) < 4.78 is 11.6. The van der Waals surface area contributed by atoms with Gasteiger partial charge in [-0.25, -0.2) is 4.79 Å². The fourth-order valence-corrected chi connectivity index (χ4v) is 6.41. The molecule has 3 fully saturated rings. The van der Waals surface area contributed by atoms with Gasteiger partial charge in [0, 0.05) is 6.54 Å². The predicted octanol–water partition coefficient (Wildman–Crippen LogP) is 5.98. The second kappa shape index (κ2) is 9.61. The van der Waals surface area contributed by atoms with E-state index in [1.807, 2.05) is 19.1 Å². The number of rotatable bonds is 7. The van der Waals surface area contributed by atoms with Gasteiger partial charge in [0.15, 0.2) is 0 Å². The van der Waals surface area contributed by atoms with Crippen molar-refractivity contribution < 1.29 is 14.3 Å². The SMILES string of the molecule is CCOc1ccc(-c2ccc3c(c2)CC(CC)(CC)C3NC(=O)O[C@@H]2CN3CCC2CC3)cc1. The third-order valence-corrected chi connectivity index (χ3v) is 8.63. The molecule has 2 bridgehead atoms. The molecule has 1 amide bonds. The average Bonchev–Trinajstić information content (AvgIpc) is 3.18. The van der Waals surface area contributed by atoms with Crippen molar-refractivity contribution in [2.75, 3.05) is 26.2 Å². The Morgan fingerprint density at radius 1 is 1.03 bits per heavy atom. The minimum atomic E-state index is -0.251. The summed E-state index contributed by atoms with van der Waals surface area (Å²) in [6.07, 6.45) is 5.08. The van der Waals surface area contributed by atoms with Gasteiger partial charge in [0.25, 0.3) is 0 Å². The number of carbonyl (C=O) groups excluding carboxylic acids is 1.